The predicted octanol–water partition coefficient (Wildman–Crippen LogP) is 3.15. The van der Waals surface area contributed by atoms with Gasteiger partial charge in [-0.1, -0.05) is 0 Å². The molecule has 0 bridgehead atoms. The van der Waals surface area contributed by atoms with Crippen LogP contribution < -0.4 is 5.32 Å². The molecule has 0 fully saturated rings. The molecule has 2 heterocycles. The molecule has 0 atom stereocenters. The van der Waals surface area contributed by atoms with Gasteiger partial charge in [-0.2, -0.15) is 0 Å². The average molecular weight is 285 g/mol. The number of carboxylic acids is 1. The number of aromatic nitrogens is 2. The second-order valence-electron chi connectivity index (χ2n) is 4.61. The summed E-state index contributed by atoms with van der Waals surface area (Å²) >= 11 is 0. The van der Waals surface area contributed by atoms with Gasteiger partial charge in [0.2, 0.25) is 0 Å². The van der Waals surface area contributed by atoms with E-state index in [1.54, 1.807) is 37.6 Å². The van der Waals surface area contributed by atoms with Gasteiger partial charge in [0, 0.05) is 30.5 Å². The van der Waals surface area contributed by atoms with E-state index in [4.69, 9.17) is 0 Å². The fourth-order valence-electron chi connectivity index (χ4n) is 2.37. The fourth-order valence-corrected chi connectivity index (χ4v) is 2.37. The molecule has 3 rings (SSSR count). The minimum Gasteiger partial charge on any atom is -0.477 e. The molecular weight excluding hydrogens is 273 g/mol. The van der Waals surface area contributed by atoms with Crippen LogP contribution in [0.15, 0.2) is 42.7 Å². The van der Waals surface area contributed by atoms with Crippen LogP contribution in [0.1, 0.15) is 10.5 Å². The molecule has 2 N–H and O–H groups in total. The minimum absolute atomic E-state index is 0.0763. The van der Waals surface area contributed by atoms with E-state index in [2.05, 4.69) is 10.3 Å². The Hall–Kier alpha value is -2.89. The maximum absolute atomic E-state index is 13.5. The fraction of sp³-hybridized carbons (Fsp3) is 0.0667. The number of carboxylic acid groups (broad SMARTS) is 1. The van der Waals surface area contributed by atoms with E-state index in [1.807, 2.05) is 0 Å². The summed E-state index contributed by atoms with van der Waals surface area (Å²) in [5, 5.41) is 13.0. The summed E-state index contributed by atoms with van der Waals surface area (Å²) in [6.45, 7) is 0. The molecule has 6 heteroatoms. The van der Waals surface area contributed by atoms with Gasteiger partial charge in [-0.3, -0.25) is 4.98 Å². The Balaban J connectivity index is 2.25. The smallest absolute Gasteiger partial charge is 0.354 e. The van der Waals surface area contributed by atoms with Gasteiger partial charge in [-0.05, 0) is 30.3 Å². The summed E-state index contributed by atoms with van der Waals surface area (Å²) < 4.78 is 15.0. The molecule has 0 saturated carbocycles. The minimum atomic E-state index is -1.08. The number of hydrogen-bond acceptors (Lipinski definition) is 3. The molecule has 5 nitrogen and oxygen atoms in total. The Bertz CT molecular complexity index is 828. The zero-order valence-electron chi connectivity index (χ0n) is 11.2. The molecule has 0 aliphatic rings. The Morgan fingerprint density at radius 3 is 2.67 bits per heavy atom. The van der Waals surface area contributed by atoms with Crippen LogP contribution in [0, 0.1) is 5.82 Å². The normalized spacial score (nSPS) is 10.8. The van der Waals surface area contributed by atoms with Crippen LogP contribution in [-0.2, 0) is 7.05 Å². The number of aromatic carboxylic acids is 1. The Kier molecular flexibility index (Phi) is 3.06. The van der Waals surface area contributed by atoms with E-state index in [0.29, 0.717) is 22.3 Å². The third-order valence-corrected chi connectivity index (χ3v) is 3.31. The molecule has 3 aromatic rings. The van der Waals surface area contributed by atoms with E-state index < -0.39 is 11.8 Å². The molecule has 0 aliphatic heterocycles. The number of fused-ring (bicyclic) bond motifs is 1. The van der Waals surface area contributed by atoms with E-state index in [-0.39, 0.29) is 5.69 Å². The molecular formula is C15H12FN3O2. The number of carbonyl (C=O) groups is 1. The van der Waals surface area contributed by atoms with Crippen molar-refractivity contribution in [2.45, 2.75) is 0 Å². The standard InChI is InChI=1S/C15H12FN3O2/c1-19-12-3-2-9(16)8-11(12)13(14(19)15(20)21)18-10-4-6-17-7-5-10/h2-8H,1H3,(H,17,18)(H,20,21). The topological polar surface area (TPSA) is 67.2 Å². The highest BCUT2D eigenvalue weighted by atomic mass is 19.1. The highest BCUT2D eigenvalue weighted by Gasteiger charge is 2.21. The van der Waals surface area contributed by atoms with Crippen molar-refractivity contribution < 1.29 is 14.3 Å². The number of halogens is 1. The van der Waals surface area contributed by atoms with Gasteiger partial charge in [-0.25, -0.2) is 9.18 Å². The van der Waals surface area contributed by atoms with Crippen molar-refractivity contribution >= 4 is 28.2 Å². The highest BCUT2D eigenvalue weighted by Crippen LogP contribution is 2.33. The van der Waals surface area contributed by atoms with Crippen molar-refractivity contribution in [3.63, 3.8) is 0 Å². The summed E-state index contributed by atoms with van der Waals surface area (Å²) in [7, 11) is 1.64. The van der Waals surface area contributed by atoms with Gasteiger partial charge in [0.05, 0.1) is 11.2 Å². The molecule has 106 valence electrons. The first-order valence-electron chi connectivity index (χ1n) is 6.26. The maximum atomic E-state index is 13.5. The molecule has 1 aromatic carbocycles. The number of anilines is 2. The zero-order chi connectivity index (χ0) is 15.0. The van der Waals surface area contributed by atoms with E-state index in [1.165, 1.54) is 16.7 Å². The van der Waals surface area contributed by atoms with Crippen molar-refractivity contribution in [2.24, 2.45) is 7.05 Å². The Labute approximate surface area is 119 Å². The van der Waals surface area contributed by atoms with Crippen molar-refractivity contribution in [1.82, 2.24) is 9.55 Å². The summed E-state index contributed by atoms with van der Waals surface area (Å²) in [4.78, 5) is 15.4. The second-order valence-corrected chi connectivity index (χ2v) is 4.61. The number of pyridine rings is 1. The lowest BCUT2D eigenvalue weighted by Gasteiger charge is -2.07. The molecule has 0 amide bonds. The van der Waals surface area contributed by atoms with E-state index in [9.17, 15) is 14.3 Å². The van der Waals surface area contributed by atoms with Crippen molar-refractivity contribution in [3.05, 3.63) is 54.2 Å². The lowest BCUT2D eigenvalue weighted by atomic mass is 10.2. The molecule has 0 aliphatic carbocycles. The average Bonchev–Trinajstić information content (AvgIpc) is 2.72. The van der Waals surface area contributed by atoms with Crippen LogP contribution in [0.5, 0.6) is 0 Å². The largest absolute Gasteiger partial charge is 0.477 e. The number of nitrogens with one attached hydrogen (secondary N) is 1. The summed E-state index contributed by atoms with van der Waals surface area (Å²) in [5.41, 5.74) is 1.77. The highest BCUT2D eigenvalue weighted by molar-refractivity contribution is 6.07. The van der Waals surface area contributed by atoms with Crippen molar-refractivity contribution in [2.75, 3.05) is 5.32 Å². The van der Waals surface area contributed by atoms with Gasteiger partial charge in [-0.15, -0.1) is 0 Å². The lowest BCUT2D eigenvalue weighted by molar-refractivity contribution is 0.0688. The third-order valence-electron chi connectivity index (χ3n) is 3.31. The maximum Gasteiger partial charge on any atom is 0.354 e. The first kappa shape index (κ1) is 13.1. The first-order valence-corrected chi connectivity index (χ1v) is 6.26. The summed E-state index contributed by atoms with van der Waals surface area (Å²) in [6.07, 6.45) is 3.18. The van der Waals surface area contributed by atoms with Crippen LogP contribution in [0.4, 0.5) is 15.8 Å². The summed E-state index contributed by atoms with van der Waals surface area (Å²) in [5.74, 6) is -1.49. The predicted molar refractivity (Wildman–Crippen MR) is 77.4 cm³/mol. The van der Waals surface area contributed by atoms with Gasteiger partial charge in [0.1, 0.15) is 5.82 Å². The van der Waals surface area contributed by atoms with Crippen LogP contribution >= 0.6 is 0 Å². The lowest BCUT2D eigenvalue weighted by Crippen LogP contribution is -2.07. The molecule has 0 saturated heterocycles. The first-order chi connectivity index (χ1) is 10.1. The van der Waals surface area contributed by atoms with Crippen LogP contribution in [0.3, 0.4) is 0 Å². The molecule has 0 spiro atoms. The van der Waals surface area contributed by atoms with Crippen LogP contribution in [-0.4, -0.2) is 20.6 Å². The zero-order valence-corrected chi connectivity index (χ0v) is 11.2. The van der Waals surface area contributed by atoms with Gasteiger partial charge < -0.3 is 15.0 Å². The van der Waals surface area contributed by atoms with Gasteiger partial charge >= 0.3 is 5.97 Å². The number of hydrogen-bond donors (Lipinski definition) is 2. The molecule has 0 radical (unpaired) electrons. The van der Waals surface area contributed by atoms with Gasteiger partial charge in [0.25, 0.3) is 0 Å². The number of aryl methyl sites for hydroxylation is 1. The quantitative estimate of drug-likeness (QED) is 0.775. The summed E-state index contributed by atoms with van der Waals surface area (Å²) in [6, 6.07) is 7.62. The second kappa shape index (κ2) is 4.90. The van der Waals surface area contributed by atoms with Crippen molar-refractivity contribution in [3.8, 4) is 0 Å². The SMILES string of the molecule is Cn1c(C(=O)O)c(Nc2ccncc2)c2cc(F)ccc21. The van der Waals surface area contributed by atoms with E-state index in [0.717, 1.165) is 0 Å². The monoisotopic (exact) mass is 285 g/mol. The molecule has 0 unspecified atom stereocenters. The van der Waals surface area contributed by atoms with Crippen LogP contribution in [0.2, 0.25) is 0 Å². The Morgan fingerprint density at radius 2 is 2.00 bits per heavy atom. The van der Waals surface area contributed by atoms with Gasteiger partial charge in [0.15, 0.2) is 5.69 Å². The number of nitrogens with zero attached hydrogens (tertiary/aromatic N) is 2. The number of benzene rings is 1. The number of rotatable bonds is 3. The van der Waals surface area contributed by atoms with E-state index >= 15 is 0 Å². The molecule has 21 heavy (non-hydrogen) atoms. The van der Waals surface area contributed by atoms with Crippen LogP contribution in [0.25, 0.3) is 10.9 Å². The molecule has 2 aromatic heterocycles. The third kappa shape index (κ3) is 2.20. The van der Waals surface area contributed by atoms with Crippen molar-refractivity contribution in [1.29, 1.82) is 0 Å². The Morgan fingerprint density at radius 1 is 1.29 bits per heavy atom.